The Hall–Kier alpha value is -0.720. The number of H-pyrrole nitrogens is 1. The second-order valence-corrected chi connectivity index (χ2v) is 5.14. The summed E-state index contributed by atoms with van der Waals surface area (Å²) >= 11 is 0. The zero-order valence-corrected chi connectivity index (χ0v) is 9.49. The van der Waals surface area contributed by atoms with E-state index in [9.17, 15) is 0 Å². The predicted molar refractivity (Wildman–Crippen MR) is 58.0 cm³/mol. The molecular weight excluding hydrogens is 158 g/mol. The van der Waals surface area contributed by atoms with Gasteiger partial charge in [0.15, 0.2) is 0 Å². The second kappa shape index (κ2) is 3.57. The van der Waals surface area contributed by atoms with Crippen molar-refractivity contribution in [1.29, 1.82) is 0 Å². The van der Waals surface area contributed by atoms with Gasteiger partial charge in [0.2, 0.25) is 0 Å². The first-order valence-corrected chi connectivity index (χ1v) is 5.03. The Morgan fingerprint density at radius 2 is 1.85 bits per heavy atom. The number of hydrogen-bond acceptors (Lipinski definition) is 0. The fourth-order valence-electron chi connectivity index (χ4n) is 1.57. The number of rotatable bonds is 2. The van der Waals surface area contributed by atoms with Crippen molar-refractivity contribution in [2.24, 2.45) is 5.41 Å². The van der Waals surface area contributed by atoms with Gasteiger partial charge in [0, 0.05) is 11.9 Å². The van der Waals surface area contributed by atoms with Crippen molar-refractivity contribution in [3.8, 4) is 0 Å². The Morgan fingerprint density at radius 1 is 1.23 bits per heavy atom. The minimum absolute atomic E-state index is 0.441. The van der Waals surface area contributed by atoms with Crippen LogP contribution >= 0.6 is 0 Å². The van der Waals surface area contributed by atoms with E-state index in [0.29, 0.717) is 5.41 Å². The third-order valence-electron chi connectivity index (χ3n) is 2.56. The smallest absolute Gasteiger partial charge is 0.0150 e. The van der Waals surface area contributed by atoms with Gasteiger partial charge >= 0.3 is 0 Å². The summed E-state index contributed by atoms with van der Waals surface area (Å²) in [4.78, 5) is 3.27. The van der Waals surface area contributed by atoms with Crippen LogP contribution in [0.3, 0.4) is 0 Å². The molecule has 0 bridgehead atoms. The van der Waals surface area contributed by atoms with Crippen molar-refractivity contribution in [2.75, 3.05) is 0 Å². The summed E-state index contributed by atoms with van der Waals surface area (Å²) in [6.45, 7) is 11.2. The van der Waals surface area contributed by atoms with Crippen molar-refractivity contribution >= 4 is 0 Å². The number of hydrogen-bond donors (Lipinski definition) is 1. The highest BCUT2D eigenvalue weighted by Gasteiger charge is 2.12. The Morgan fingerprint density at radius 3 is 2.23 bits per heavy atom. The fraction of sp³-hybridized carbons (Fsp3) is 0.667. The number of nitrogens with one attached hydrogen (secondary N) is 1. The van der Waals surface area contributed by atoms with E-state index >= 15 is 0 Å². The molecule has 0 radical (unpaired) electrons. The highest BCUT2D eigenvalue weighted by molar-refractivity contribution is 5.28. The van der Waals surface area contributed by atoms with Crippen LogP contribution in [0.4, 0.5) is 0 Å². The van der Waals surface area contributed by atoms with Crippen LogP contribution in [0.1, 0.15) is 44.0 Å². The quantitative estimate of drug-likeness (QED) is 0.714. The van der Waals surface area contributed by atoms with Crippen molar-refractivity contribution in [2.45, 2.75) is 47.5 Å². The maximum absolute atomic E-state index is 3.27. The molecule has 1 heterocycles. The summed E-state index contributed by atoms with van der Waals surface area (Å²) in [5.74, 6) is 0. The average molecular weight is 179 g/mol. The minimum Gasteiger partial charge on any atom is -0.365 e. The SMILES string of the molecule is Cc1c[nH]c(C)c1CCC(C)(C)C. The standard InChI is InChI=1S/C12H21N/c1-9-8-13-10(2)11(9)6-7-12(3,4)5/h8,13H,6-7H2,1-5H3. The van der Waals surface area contributed by atoms with Gasteiger partial charge in [0.25, 0.3) is 0 Å². The van der Waals surface area contributed by atoms with E-state index < -0.39 is 0 Å². The largest absolute Gasteiger partial charge is 0.365 e. The van der Waals surface area contributed by atoms with Crippen molar-refractivity contribution in [3.63, 3.8) is 0 Å². The summed E-state index contributed by atoms with van der Waals surface area (Å²) in [6.07, 6.45) is 4.56. The van der Waals surface area contributed by atoms with Crippen LogP contribution in [0.15, 0.2) is 6.20 Å². The van der Waals surface area contributed by atoms with E-state index in [-0.39, 0.29) is 0 Å². The molecule has 0 aliphatic rings. The number of aryl methyl sites for hydroxylation is 2. The molecule has 74 valence electrons. The molecule has 0 fully saturated rings. The highest BCUT2D eigenvalue weighted by atomic mass is 14.7. The van der Waals surface area contributed by atoms with Crippen LogP contribution in [0, 0.1) is 19.3 Å². The van der Waals surface area contributed by atoms with Crippen LogP contribution in [0.25, 0.3) is 0 Å². The summed E-state index contributed by atoms with van der Waals surface area (Å²) in [6, 6.07) is 0. The van der Waals surface area contributed by atoms with Gasteiger partial charge in [-0.05, 0) is 43.2 Å². The monoisotopic (exact) mass is 179 g/mol. The lowest BCUT2D eigenvalue weighted by molar-refractivity contribution is 0.378. The molecule has 1 aromatic rings. The van der Waals surface area contributed by atoms with Gasteiger partial charge in [-0.3, -0.25) is 0 Å². The van der Waals surface area contributed by atoms with Gasteiger partial charge in [0.1, 0.15) is 0 Å². The molecule has 0 saturated carbocycles. The minimum atomic E-state index is 0.441. The molecule has 1 N–H and O–H groups in total. The van der Waals surface area contributed by atoms with Crippen LogP contribution in [-0.2, 0) is 6.42 Å². The summed E-state index contributed by atoms with van der Waals surface area (Å²) in [5.41, 5.74) is 4.69. The van der Waals surface area contributed by atoms with E-state index in [0.717, 1.165) is 0 Å². The molecule has 0 unspecified atom stereocenters. The molecule has 13 heavy (non-hydrogen) atoms. The van der Waals surface area contributed by atoms with Gasteiger partial charge in [0.05, 0.1) is 0 Å². The van der Waals surface area contributed by atoms with Gasteiger partial charge in [-0.25, -0.2) is 0 Å². The third kappa shape index (κ3) is 2.91. The Labute approximate surface area is 81.6 Å². The maximum atomic E-state index is 3.27. The average Bonchev–Trinajstić information content (AvgIpc) is 2.27. The Balaban J connectivity index is 2.64. The van der Waals surface area contributed by atoms with Crippen LogP contribution in [-0.4, -0.2) is 4.98 Å². The zero-order chi connectivity index (χ0) is 10.1. The molecule has 0 spiro atoms. The topological polar surface area (TPSA) is 15.8 Å². The van der Waals surface area contributed by atoms with Crippen LogP contribution in [0.5, 0.6) is 0 Å². The van der Waals surface area contributed by atoms with Gasteiger partial charge in [-0.1, -0.05) is 20.8 Å². The van der Waals surface area contributed by atoms with Gasteiger partial charge in [-0.2, -0.15) is 0 Å². The highest BCUT2D eigenvalue weighted by Crippen LogP contribution is 2.23. The third-order valence-corrected chi connectivity index (χ3v) is 2.56. The summed E-state index contributed by atoms with van der Waals surface area (Å²) < 4.78 is 0. The van der Waals surface area contributed by atoms with E-state index in [2.05, 4.69) is 45.8 Å². The lowest BCUT2D eigenvalue weighted by Crippen LogP contribution is -2.06. The van der Waals surface area contributed by atoms with Gasteiger partial charge < -0.3 is 4.98 Å². The van der Waals surface area contributed by atoms with Crippen molar-refractivity contribution in [3.05, 3.63) is 23.0 Å². The predicted octanol–water partition coefficient (Wildman–Crippen LogP) is 3.61. The van der Waals surface area contributed by atoms with E-state index in [1.807, 2.05) is 0 Å². The van der Waals surface area contributed by atoms with Crippen molar-refractivity contribution < 1.29 is 0 Å². The molecule has 0 aromatic carbocycles. The Bertz CT molecular complexity index is 256. The van der Waals surface area contributed by atoms with E-state index in [1.165, 1.54) is 29.7 Å². The van der Waals surface area contributed by atoms with Crippen LogP contribution < -0.4 is 0 Å². The first-order valence-electron chi connectivity index (χ1n) is 5.03. The molecule has 0 aliphatic heterocycles. The van der Waals surface area contributed by atoms with E-state index in [4.69, 9.17) is 0 Å². The maximum Gasteiger partial charge on any atom is 0.0150 e. The molecule has 0 amide bonds. The molecule has 0 aliphatic carbocycles. The van der Waals surface area contributed by atoms with Crippen LogP contribution in [0.2, 0.25) is 0 Å². The molecule has 1 heteroatoms. The molecule has 0 atom stereocenters. The first kappa shape index (κ1) is 10.4. The lowest BCUT2D eigenvalue weighted by Gasteiger charge is -2.17. The number of aromatic amines is 1. The fourth-order valence-corrected chi connectivity index (χ4v) is 1.57. The van der Waals surface area contributed by atoms with Gasteiger partial charge in [-0.15, -0.1) is 0 Å². The second-order valence-electron chi connectivity index (χ2n) is 5.14. The lowest BCUT2D eigenvalue weighted by atomic mass is 9.88. The zero-order valence-electron chi connectivity index (χ0n) is 9.49. The summed E-state index contributed by atoms with van der Waals surface area (Å²) in [7, 11) is 0. The van der Waals surface area contributed by atoms with Crippen molar-refractivity contribution in [1.82, 2.24) is 4.98 Å². The molecule has 1 nitrogen and oxygen atoms in total. The van der Waals surface area contributed by atoms with E-state index in [1.54, 1.807) is 0 Å². The molecule has 1 rings (SSSR count). The number of aromatic nitrogens is 1. The normalized spacial score (nSPS) is 12.1. The molecule has 1 aromatic heterocycles. The molecule has 0 saturated heterocycles. The molecular formula is C12H21N. The summed E-state index contributed by atoms with van der Waals surface area (Å²) in [5, 5.41) is 0. The Kier molecular flexibility index (Phi) is 2.84. The first-order chi connectivity index (χ1) is 5.90.